The van der Waals surface area contributed by atoms with Gasteiger partial charge in [0.05, 0.1) is 6.10 Å². The zero-order chi connectivity index (χ0) is 73.3. The zero-order valence-electron chi connectivity index (χ0n) is 55.9. The molecule has 0 aliphatic rings. The number of benzene rings is 1. The average molecular weight is 1380 g/mol. The number of guanidine groups is 5. The number of nitrogens with zero attached hydrogens (tertiary/aromatic N) is 5. The van der Waals surface area contributed by atoms with Gasteiger partial charge in [0.15, 0.2) is 29.8 Å². The molecule has 1 aromatic carbocycles. The molecular weight excluding hydrogens is 1280 g/mol. The Morgan fingerprint density at radius 3 is 0.959 bits per heavy atom. The summed E-state index contributed by atoms with van der Waals surface area (Å²) < 4.78 is 0. The van der Waals surface area contributed by atoms with E-state index in [9.17, 15) is 53.1 Å². The van der Waals surface area contributed by atoms with Crippen molar-refractivity contribution in [2.24, 2.45) is 99.5 Å². The van der Waals surface area contributed by atoms with E-state index in [-0.39, 0.29) is 166 Å². The second-order valence-corrected chi connectivity index (χ2v) is 23.2. The second-order valence-electron chi connectivity index (χ2n) is 23.2. The molecular formula is C59H106N28O11. The first-order valence-corrected chi connectivity index (χ1v) is 32.4. The summed E-state index contributed by atoms with van der Waals surface area (Å²) in [6.45, 7) is 2.90. The molecule has 0 aliphatic carbocycles. The van der Waals surface area contributed by atoms with Gasteiger partial charge in [0.1, 0.15) is 54.4 Å². The maximum atomic E-state index is 14.9. The highest BCUT2D eigenvalue weighted by Crippen LogP contribution is 2.20. The molecule has 0 unspecified atom stereocenters. The van der Waals surface area contributed by atoms with Crippen LogP contribution in [-0.4, -0.2) is 205 Å². The topological polar surface area (TPSA) is 715 Å². The van der Waals surface area contributed by atoms with Gasteiger partial charge in [0.2, 0.25) is 59.1 Å². The van der Waals surface area contributed by atoms with Crippen molar-refractivity contribution >= 4 is 99.8 Å². The molecule has 2 rings (SSSR count). The predicted octanol–water partition coefficient (Wildman–Crippen LogP) is -8.51. The Kier molecular flexibility index (Phi) is 39.3. The van der Waals surface area contributed by atoms with E-state index < -0.39 is 120 Å². The number of hydrogen-bond donors (Lipinski definition) is 24. The van der Waals surface area contributed by atoms with E-state index in [1.165, 1.54) is 13.8 Å². The number of aliphatic hydroxyl groups excluding tert-OH is 1. The lowest BCUT2D eigenvalue weighted by Crippen LogP contribution is -2.61. The van der Waals surface area contributed by atoms with Crippen molar-refractivity contribution in [1.29, 1.82) is 0 Å². The van der Waals surface area contributed by atoms with Crippen LogP contribution in [0.15, 0.2) is 55.4 Å². The first-order chi connectivity index (χ1) is 46.5. The van der Waals surface area contributed by atoms with Gasteiger partial charge in [-0.2, -0.15) is 0 Å². The molecule has 2 aromatic rings. The largest absolute Gasteiger partial charge is 0.391 e. The smallest absolute Gasteiger partial charge is 0.243 e. The van der Waals surface area contributed by atoms with Crippen molar-refractivity contribution in [1.82, 2.24) is 52.8 Å². The fourth-order valence-electron chi connectivity index (χ4n) is 9.95. The van der Waals surface area contributed by atoms with Gasteiger partial charge in [-0.25, -0.2) is 0 Å². The number of aromatic amines is 1. The monoisotopic (exact) mass is 1380 g/mol. The van der Waals surface area contributed by atoms with E-state index in [4.69, 9.17) is 74.5 Å². The number of aliphatic hydroxyl groups is 1. The van der Waals surface area contributed by atoms with Crippen LogP contribution < -0.4 is 122 Å². The number of unbranched alkanes of at least 4 members (excludes halogenated alkanes) is 2. The van der Waals surface area contributed by atoms with Crippen molar-refractivity contribution in [2.45, 2.75) is 183 Å². The molecule has 0 saturated heterocycles. The molecule has 37 N–H and O–H groups in total. The summed E-state index contributed by atoms with van der Waals surface area (Å²) in [4.78, 5) is 164. The Morgan fingerprint density at radius 1 is 0.398 bits per heavy atom. The van der Waals surface area contributed by atoms with E-state index in [1.807, 2.05) is 6.07 Å². The number of carbonyl (C=O) groups excluding carboxylic acids is 10. The molecule has 1 heterocycles. The summed E-state index contributed by atoms with van der Waals surface area (Å²) in [5.74, 6) is -9.83. The number of nitrogens with one attached hydrogen (secondary N) is 10. The lowest BCUT2D eigenvalue weighted by Gasteiger charge is -2.28. The number of aromatic nitrogens is 1. The number of nitrogens with two attached hydrogens (primary N) is 13. The minimum Gasteiger partial charge on any atom is -0.391 e. The number of hydrogen-bond acceptors (Lipinski definition) is 18. The number of para-hydroxylation sites is 1. The molecule has 1 aromatic heterocycles. The normalized spacial score (nSPS) is 14.0. The van der Waals surface area contributed by atoms with Gasteiger partial charge in [-0.1, -0.05) is 18.2 Å². The van der Waals surface area contributed by atoms with E-state index >= 15 is 0 Å². The summed E-state index contributed by atoms with van der Waals surface area (Å²) >= 11 is 0. The molecule has 98 heavy (non-hydrogen) atoms. The van der Waals surface area contributed by atoms with Crippen LogP contribution >= 0.6 is 0 Å². The maximum Gasteiger partial charge on any atom is 0.243 e. The van der Waals surface area contributed by atoms with Crippen molar-refractivity contribution in [2.75, 3.05) is 45.8 Å². The number of rotatable bonds is 49. The number of H-pyrrole nitrogens is 1. The maximum absolute atomic E-state index is 14.9. The first-order valence-electron chi connectivity index (χ1n) is 32.4. The summed E-state index contributed by atoms with van der Waals surface area (Å²) in [5, 5.41) is 34.8. The molecule has 39 nitrogen and oxygen atoms in total. The van der Waals surface area contributed by atoms with Gasteiger partial charge in [-0.15, -0.1) is 0 Å². The third-order valence-electron chi connectivity index (χ3n) is 14.9. The first kappa shape index (κ1) is 83.8. The van der Waals surface area contributed by atoms with Gasteiger partial charge >= 0.3 is 0 Å². The van der Waals surface area contributed by atoms with E-state index in [1.54, 1.807) is 24.4 Å². The minimum atomic E-state index is -1.55. The lowest BCUT2D eigenvalue weighted by molar-refractivity contribution is -0.136. The summed E-state index contributed by atoms with van der Waals surface area (Å²) in [6, 6.07) is -5.58. The summed E-state index contributed by atoms with van der Waals surface area (Å²) in [5.41, 5.74) is 74.1. The van der Waals surface area contributed by atoms with Crippen LogP contribution in [0.1, 0.15) is 122 Å². The summed E-state index contributed by atoms with van der Waals surface area (Å²) in [7, 11) is 0. The van der Waals surface area contributed by atoms with Gasteiger partial charge in [-0.05, 0) is 134 Å². The van der Waals surface area contributed by atoms with Crippen molar-refractivity contribution in [3.05, 3.63) is 36.0 Å². The fourth-order valence-corrected chi connectivity index (χ4v) is 9.95. The standard InChI is InChI=1S/C59H106N28O11/c1-32(88)45(46(62)90)87-53(97)43(22-13-29-77-59(71)72)84-49(93)39(17-6-8-24-61)80-48(92)38(16-5-7-23-60)81-50(94)40(19-10-26-74-56(65)66)82-51(95)41(20-11-27-75-57(67)68)83-52(96)42(21-12-28-76-58(69)70)85-54(98)44(30-34-31-78-36-15-4-3-14-35(34)36)86-47(91)37(79-33(2)89)18-9-25-73-55(63)64/h3-4,14-15,31-32,37-45,78,88H,5-13,16-30,60-61H2,1-2H3,(H2,62,90)(H,79,89)(H,80,92)(H,81,94)(H,82,95)(H,83,96)(H,84,93)(H,85,98)(H,86,91)(H,87,97)(H4,63,64,73)(H4,65,66,74)(H4,67,68,75)(H4,69,70,76)(H4,71,72,77)/t32-,37+,38+,39+,40+,41+,42+,43+,44+,45+/m1/s1. The van der Waals surface area contributed by atoms with E-state index in [2.05, 4.69) is 77.8 Å². The summed E-state index contributed by atoms with van der Waals surface area (Å²) in [6.07, 6.45) is 1.41. The third kappa shape index (κ3) is 33.9. The molecule has 0 bridgehead atoms. The number of aliphatic imine (C=N–C) groups is 5. The highest BCUT2D eigenvalue weighted by atomic mass is 16.3. The van der Waals surface area contributed by atoms with Gasteiger partial charge in [0, 0.05) is 63.2 Å². The molecule has 10 atom stereocenters. The van der Waals surface area contributed by atoms with Crippen LogP contribution in [-0.2, 0) is 54.4 Å². The van der Waals surface area contributed by atoms with Gasteiger partial charge in [-0.3, -0.25) is 72.9 Å². The highest BCUT2D eigenvalue weighted by molar-refractivity contribution is 5.99. The molecule has 39 heteroatoms. The van der Waals surface area contributed by atoms with Crippen molar-refractivity contribution < 1.29 is 53.1 Å². The van der Waals surface area contributed by atoms with Crippen LogP contribution in [0.2, 0.25) is 0 Å². The third-order valence-corrected chi connectivity index (χ3v) is 14.9. The van der Waals surface area contributed by atoms with Gasteiger partial charge < -0.3 is 132 Å². The second kappa shape index (κ2) is 46.0. The van der Waals surface area contributed by atoms with Crippen LogP contribution in [0.3, 0.4) is 0 Å². The molecule has 0 aliphatic heterocycles. The Labute approximate surface area is 568 Å². The molecule has 0 saturated carbocycles. The van der Waals surface area contributed by atoms with E-state index in [0.717, 1.165) is 5.52 Å². The van der Waals surface area contributed by atoms with Crippen LogP contribution in [0.5, 0.6) is 0 Å². The Bertz CT molecular complexity index is 3050. The quantitative estimate of drug-likeness (QED) is 0.0166. The molecule has 0 radical (unpaired) electrons. The van der Waals surface area contributed by atoms with Gasteiger partial charge in [0.25, 0.3) is 0 Å². The lowest BCUT2D eigenvalue weighted by atomic mass is 10.0. The van der Waals surface area contributed by atoms with Crippen molar-refractivity contribution in [3.63, 3.8) is 0 Å². The van der Waals surface area contributed by atoms with Crippen LogP contribution in [0.4, 0.5) is 0 Å². The molecule has 10 amide bonds. The average Bonchev–Trinajstić information content (AvgIpc) is 1.54. The number of primary amides is 1. The molecule has 0 fully saturated rings. The number of fused-ring (bicyclic) bond motifs is 1. The van der Waals surface area contributed by atoms with E-state index in [0.29, 0.717) is 30.2 Å². The molecule has 0 spiro atoms. The molecule has 548 valence electrons. The Hall–Kier alpha value is -10.3. The zero-order valence-corrected chi connectivity index (χ0v) is 55.9. The number of amides is 10. The Morgan fingerprint density at radius 2 is 0.673 bits per heavy atom. The number of carbonyl (C=O) groups is 10. The fraction of sp³-hybridized carbons (Fsp3) is 0.610. The van der Waals surface area contributed by atoms with Crippen LogP contribution in [0, 0.1) is 0 Å². The van der Waals surface area contributed by atoms with Crippen molar-refractivity contribution in [3.8, 4) is 0 Å². The predicted molar refractivity (Wildman–Crippen MR) is 371 cm³/mol. The SMILES string of the molecule is CC(=O)N[C@@H](CCCN=C(N)N)C(=O)N[C@@H](Cc1c[nH]c2ccccc12)C(=O)N[C@@H](CCCN=C(N)N)C(=O)N[C@@H](CCCN=C(N)N)C(=O)N[C@@H](CCCN=C(N)N)C(=O)N[C@@H](CCCCN)C(=O)N[C@@H](CCCCN)C(=O)N[C@@H](CCCN=C(N)N)C(=O)N[C@H](C(N)=O)[C@@H](C)O. The Balaban J connectivity index is 2.72. The van der Waals surface area contributed by atoms with Crippen LogP contribution in [0.25, 0.3) is 10.9 Å². The minimum absolute atomic E-state index is 0.0181. The highest BCUT2D eigenvalue weighted by Gasteiger charge is 2.36.